The van der Waals surface area contributed by atoms with Gasteiger partial charge in [0.2, 0.25) is 0 Å². The molecule has 1 atom stereocenters. The average molecular weight is 199 g/mol. The van der Waals surface area contributed by atoms with Crippen LogP contribution in [-0.4, -0.2) is 43.5 Å². The van der Waals surface area contributed by atoms with Crippen LogP contribution in [0.5, 0.6) is 0 Å². The van der Waals surface area contributed by atoms with Gasteiger partial charge in [0.15, 0.2) is 5.78 Å². The van der Waals surface area contributed by atoms with Crippen molar-refractivity contribution < 1.29 is 9.53 Å². The average Bonchev–Trinajstić information content (AvgIpc) is 2.33. The van der Waals surface area contributed by atoms with Crippen LogP contribution in [0.3, 0.4) is 0 Å². The first-order chi connectivity index (χ1) is 6.74. The second-order valence-corrected chi connectivity index (χ2v) is 4.14. The van der Waals surface area contributed by atoms with E-state index in [9.17, 15) is 4.79 Å². The number of ether oxygens (including phenoxy) is 1. The van der Waals surface area contributed by atoms with Gasteiger partial charge < -0.3 is 4.74 Å². The topological polar surface area (TPSA) is 29.5 Å². The van der Waals surface area contributed by atoms with E-state index in [1.165, 1.54) is 25.7 Å². The van der Waals surface area contributed by atoms with Crippen LogP contribution in [0.2, 0.25) is 0 Å². The highest BCUT2D eigenvalue weighted by Gasteiger charge is 2.18. The van der Waals surface area contributed by atoms with Crippen molar-refractivity contribution in [2.45, 2.75) is 38.6 Å². The van der Waals surface area contributed by atoms with Crippen LogP contribution < -0.4 is 0 Å². The van der Waals surface area contributed by atoms with Gasteiger partial charge in [-0.1, -0.05) is 12.8 Å². The minimum Gasteiger partial charge on any atom is -0.377 e. The summed E-state index contributed by atoms with van der Waals surface area (Å²) >= 11 is 0. The standard InChI is InChI=1S/C11H21NO2/c1-10-6-4-3-5-7-12(10)8-11(13)9-14-2/h10H,3-9H2,1-2H3. The lowest BCUT2D eigenvalue weighted by Gasteiger charge is -2.25. The van der Waals surface area contributed by atoms with E-state index >= 15 is 0 Å². The van der Waals surface area contributed by atoms with E-state index in [1.54, 1.807) is 7.11 Å². The summed E-state index contributed by atoms with van der Waals surface area (Å²) in [5, 5.41) is 0. The number of ketones is 1. The Morgan fingerprint density at radius 2 is 2.21 bits per heavy atom. The van der Waals surface area contributed by atoms with Crippen LogP contribution in [0.1, 0.15) is 32.6 Å². The van der Waals surface area contributed by atoms with E-state index in [0.717, 1.165) is 6.54 Å². The van der Waals surface area contributed by atoms with Crippen molar-refractivity contribution in [1.29, 1.82) is 0 Å². The molecule has 0 amide bonds. The van der Waals surface area contributed by atoms with Gasteiger partial charge in [0.1, 0.15) is 6.61 Å². The van der Waals surface area contributed by atoms with E-state index < -0.39 is 0 Å². The zero-order valence-electron chi connectivity index (χ0n) is 9.29. The molecule has 1 rings (SSSR count). The van der Waals surface area contributed by atoms with Gasteiger partial charge in [0, 0.05) is 13.2 Å². The number of Topliss-reactive ketones (excluding diaryl/α,β-unsaturated/α-hetero) is 1. The van der Waals surface area contributed by atoms with Gasteiger partial charge >= 0.3 is 0 Å². The predicted octanol–water partition coefficient (Wildman–Crippen LogP) is 1.47. The number of rotatable bonds is 4. The van der Waals surface area contributed by atoms with Crippen LogP contribution in [0, 0.1) is 0 Å². The van der Waals surface area contributed by atoms with Gasteiger partial charge in [-0.15, -0.1) is 0 Å². The molecule has 82 valence electrons. The number of carbonyl (C=O) groups is 1. The molecule has 0 radical (unpaired) electrons. The molecule has 3 nitrogen and oxygen atoms in total. The first-order valence-corrected chi connectivity index (χ1v) is 5.48. The SMILES string of the molecule is COCC(=O)CN1CCCCCC1C. The van der Waals surface area contributed by atoms with Crippen molar-refractivity contribution in [3.8, 4) is 0 Å². The van der Waals surface area contributed by atoms with Gasteiger partial charge in [-0.05, 0) is 26.3 Å². The number of nitrogens with zero attached hydrogens (tertiary/aromatic N) is 1. The minimum absolute atomic E-state index is 0.196. The number of hydrogen-bond donors (Lipinski definition) is 0. The van der Waals surface area contributed by atoms with Gasteiger partial charge in [-0.25, -0.2) is 0 Å². The summed E-state index contributed by atoms with van der Waals surface area (Å²) in [7, 11) is 1.57. The molecule has 0 aromatic carbocycles. The van der Waals surface area contributed by atoms with Crippen LogP contribution in [0.25, 0.3) is 0 Å². The molecule has 0 spiro atoms. The molecular weight excluding hydrogens is 178 g/mol. The van der Waals surface area contributed by atoms with Crippen LogP contribution in [0.4, 0.5) is 0 Å². The normalized spacial score (nSPS) is 24.6. The fourth-order valence-corrected chi connectivity index (χ4v) is 2.00. The minimum atomic E-state index is 0.196. The first kappa shape index (κ1) is 11.7. The van der Waals surface area contributed by atoms with E-state index in [0.29, 0.717) is 12.6 Å². The summed E-state index contributed by atoms with van der Waals surface area (Å²) in [4.78, 5) is 13.7. The molecule has 1 fully saturated rings. The van der Waals surface area contributed by atoms with Crippen LogP contribution in [-0.2, 0) is 9.53 Å². The maximum absolute atomic E-state index is 11.4. The molecule has 1 unspecified atom stereocenters. The Morgan fingerprint density at radius 3 is 2.93 bits per heavy atom. The molecule has 1 saturated heterocycles. The van der Waals surface area contributed by atoms with E-state index in [4.69, 9.17) is 4.74 Å². The maximum atomic E-state index is 11.4. The van der Waals surface area contributed by atoms with E-state index in [2.05, 4.69) is 11.8 Å². The fraction of sp³-hybridized carbons (Fsp3) is 0.909. The van der Waals surface area contributed by atoms with Crippen LogP contribution in [0.15, 0.2) is 0 Å². The second-order valence-electron chi connectivity index (χ2n) is 4.14. The van der Waals surface area contributed by atoms with Gasteiger partial charge in [0.25, 0.3) is 0 Å². The smallest absolute Gasteiger partial charge is 0.172 e. The predicted molar refractivity (Wildman–Crippen MR) is 56.4 cm³/mol. The molecule has 1 aliphatic heterocycles. The third-order valence-electron chi connectivity index (χ3n) is 2.88. The molecule has 1 aliphatic rings. The lowest BCUT2D eigenvalue weighted by atomic mass is 10.1. The highest BCUT2D eigenvalue weighted by Crippen LogP contribution is 2.15. The number of carbonyl (C=O) groups excluding carboxylic acids is 1. The Kier molecular flexibility index (Phi) is 5.12. The van der Waals surface area contributed by atoms with Gasteiger partial charge in [-0.2, -0.15) is 0 Å². The largest absolute Gasteiger partial charge is 0.377 e. The van der Waals surface area contributed by atoms with E-state index in [-0.39, 0.29) is 12.4 Å². The van der Waals surface area contributed by atoms with Crippen molar-refractivity contribution in [3.63, 3.8) is 0 Å². The van der Waals surface area contributed by atoms with Crippen molar-refractivity contribution in [3.05, 3.63) is 0 Å². The highest BCUT2D eigenvalue weighted by atomic mass is 16.5. The number of methoxy groups -OCH3 is 1. The van der Waals surface area contributed by atoms with Crippen LogP contribution >= 0.6 is 0 Å². The van der Waals surface area contributed by atoms with Gasteiger partial charge in [-0.3, -0.25) is 9.69 Å². The monoisotopic (exact) mass is 199 g/mol. The molecule has 14 heavy (non-hydrogen) atoms. The molecule has 0 saturated carbocycles. The van der Waals surface area contributed by atoms with Crippen molar-refractivity contribution in [2.24, 2.45) is 0 Å². The second kappa shape index (κ2) is 6.14. The maximum Gasteiger partial charge on any atom is 0.172 e. The quantitative estimate of drug-likeness (QED) is 0.686. The Hall–Kier alpha value is -0.410. The molecule has 3 heteroatoms. The summed E-state index contributed by atoms with van der Waals surface area (Å²) < 4.78 is 4.84. The molecule has 0 aliphatic carbocycles. The fourth-order valence-electron chi connectivity index (χ4n) is 2.00. The first-order valence-electron chi connectivity index (χ1n) is 5.48. The molecule has 0 N–H and O–H groups in total. The van der Waals surface area contributed by atoms with Crippen molar-refractivity contribution in [2.75, 3.05) is 26.8 Å². The number of likely N-dealkylation sites (tertiary alicyclic amines) is 1. The van der Waals surface area contributed by atoms with Gasteiger partial charge in [0.05, 0.1) is 6.54 Å². The summed E-state index contributed by atoms with van der Waals surface area (Å²) in [5.74, 6) is 0.196. The molecular formula is C11H21NO2. The lowest BCUT2D eigenvalue weighted by molar-refractivity contribution is -0.124. The Labute approximate surface area is 86.4 Å². The zero-order chi connectivity index (χ0) is 10.4. The number of hydrogen-bond acceptors (Lipinski definition) is 3. The summed E-state index contributed by atoms with van der Waals surface area (Å²) in [6.45, 7) is 4.10. The van der Waals surface area contributed by atoms with Crippen molar-refractivity contribution in [1.82, 2.24) is 4.90 Å². The molecule has 0 aromatic heterocycles. The Bertz CT molecular complexity index is 182. The Balaban J connectivity index is 2.36. The van der Waals surface area contributed by atoms with E-state index in [1.807, 2.05) is 0 Å². The molecule has 1 heterocycles. The highest BCUT2D eigenvalue weighted by molar-refractivity contribution is 5.81. The summed E-state index contributed by atoms with van der Waals surface area (Å²) in [5.41, 5.74) is 0. The molecule has 0 aromatic rings. The third kappa shape index (κ3) is 3.76. The summed E-state index contributed by atoms with van der Waals surface area (Å²) in [6, 6.07) is 0.554. The third-order valence-corrected chi connectivity index (χ3v) is 2.88. The Morgan fingerprint density at radius 1 is 1.43 bits per heavy atom. The summed E-state index contributed by atoms with van der Waals surface area (Å²) in [6.07, 6.45) is 5.06. The zero-order valence-corrected chi connectivity index (χ0v) is 9.29. The van der Waals surface area contributed by atoms with Crippen molar-refractivity contribution >= 4 is 5.78 Å². The lowest BCUT2D eigenvalue weighted by Crippen LogP contribution is -2.38. The molecule has 0 bridgehead atoms.